The number of nitrogens with two attached hydrogens (primary N) is 1. The van der Waals surface area contributed by atoms with E-state index in [2.05, 4.69) is 10.3 Å². The van der Waals surface area contributed by atoms with Crippen molar-refractivity contribution in [2.75, 3.05) is 17.6 Å². The summed E-state index contributed by atoms with van der Waals surface area (Å²) in [6.07, 6.45) is -0.477. The monoisotopic (exact) mass is 508 g/mol. The van der Waals surface area contributed by atoms with Crippen LogP contribution in [0.4, 0.5) is 10.8 Å². The Morgan fingerprint density at radius 1 is 0.971 bits per heavy atom. The van der Waals surface area contributed by atoms with Crippen LogP contribution >= 0.6 is 11.3 Å². The van der Waals surface area contributed by atoms with Crippen molar-refractivity contribution in [3.8, 4) is 23.0 Å². The molecular formula is C21H24N4O9S. The number of rotatable bonds is 9. The Labute approximate surface area is 202 Å². The number of hydrogen-bond acceptors (Lipinski definition) is 13. The number of nitrogen functional groups attached to an aromatic ring is 1. The minimum absolute atomic E-state index is 0.0576. The fourth-order valence-electron chi connectivity index (χ4n) is 3.20. The van der Waals surface area contributed by atoms with Gasteiger partial charge in [0.25, 0.3) is 11.7 Å². The van der Waals surface area contributed by atoms with E-state index in [0.717, 1.165) is 16.7 Å². The topological polar surface area (TPSA) is 242 Å². The van der Waals surface area contributed by atoms with Crippen LogP contribution < -0.4 is 16.4 Å². The molecule has 3 rings (SSSR count). The molecule has 0 aliphatic rings. The van der Waals surface area contributed by atoms with Crippen molar-refractivity contribution in [2.24, 2.45) is 0 Å². The van der Waals surface area contributed by atoms with E-state index in [1.54, 1.807) is 30.3 Å². The number of phenolic OH excluding ortho intramolecular Hbond substituents is 4. The Kier molecular flexibility index (Phi) is 7.35. The summed E-state index contributed by atoms with van der Waals surface area (Å²) in [6.45, 7) is -0.229. The molecule has 0 bridgehead atoms. The third-order valence-electron chi connectivity index (χ3n) is 5.00. The molecule has 1 aromatic heterocycles. The Bertz CT molecular complexity index is 1190. The van der Waals surface area contributed by atoms with Gasteiger partial charge in [-0.25, -0.2) is 4.98 Å². The third kappa shape index (κ3) is 5.71. The lowest BCUT2D eigenvalue weighted by atomic mass is 10.0. The number of thiazole rings is 1. The van der Waals surface area contributed by atoms with Gasteiger partial charge in [-0.15, -0.1) is 11.3 Å². The van der Waals surface area contributed by atoms with E-state index >= 15 is 0 Å². The summed E-state index contributed by atoms with van der Waals surface area (Å²) in [4.78, 5) is 15.9. The predicted molar refractivity (Wildman–Crippen MR) is 123 cm³/mol. The van der Waals surface area contributed by atoms with E-state index in [-0.39, 0.29) is 30.1 Å². The van der Waals surface area contributed by atoms with Gasteiger partial charge in [0, 0.05) is 23.9 Å². The number of phenols is 4. The summed E-state index contributed by atoms with van der Waals surface area (Å²) in [5.41, 5.74) is 4.22. The molecule has 3 aromatic rings. The normalized spacial score (nSPS) is 12.0. The van der Waals surface area contributed by atoms with Gasteiger partial charge in [0.15, 0.2) is 28.1 Å². The molecule has 2 aromatic carbocycles. The third-order valence-corrected chi connectivity index (χ3v) is 5.68. The minimum atomic E-state index is -3.22. The molecule has 1 amide bonds. The molecule has 0 unspecified atom stereocenters. The molecular weight excluding hydrogens is 484 g/mol. The van der Waals surface area contributed by atoms with E-state index in [1.165, 1.54) is 0 Å². The first-order valence-corrected chi connectivity index (χ1v) is 10.9. The number of nitrogens with one attached hydrogen (secondary N) is 2. The highest BCUT2D eigenvalue weighted by Gasteiger charge is 2.40. The van der Waals surface area contributed by atoms with Gasteiger partial charge in [-0.2, -0.15) is 0 Å². The summed E-state index contributed by atoms with van der Waals surface area (Å²) < 4.78 is 0. The van der Waals surface area contributed by atoms with Crippen LogP contribution in [0.5, 0.6) is 23.0 Å². The number of carbonyl (C=O) groups is 1. The van der Waals surface area contributed by atoms with Crippen LogP contribution in [0.15, 0.2) is 35.7 Å². The number of aliphatic hydroxyl groups is 4. The number of nitrogens with zero attached hydrogens (tertiary/aromatic N) is 1. The highest BCUT2D eigenvalue weighted by Crippen LogP contribution is 2.50. The largest absolute Gasteiger partial charge is 0.504 e. The zero-order chi connectivity index (χ0) is 26.0. The number of hydrogen-bond donors (Lipinski definition) is 11. The predicted octanol–water partition coefficient (Wildman–Crippen LogP) is -0.663. The molecule has 0 radical (unpaired) electrons. The van der Waals surface area contributed by atoms with Crippen molar-refractivity contribution >= 4 is 28.1 Å². The quantitative estimate of drug-likeness (QED) is 0.0980. The number of aromatic hydroxyl groups is 4. The van der Waals surface area contributed by atoms with Crippen molar-refractivity contribution in [3.05, 3.63) is 52.5 Å². The molecule has 0 aliphatic heterocycles. The highest BCUT2D eigenvalue weighted by molar-refractivity contribution is 7.13. The van der Waals surface area contributed by atoms with E-state index in [1.807, 2.05) is 5.32 Å². The van der Waals surface area contributed by atoms with Crippen LogP contribution in [-0.2, 0) is 23.4 Å². The van der Waals surface area contributed by atoms with Crippen LogP contribution in [0.2, 0.25) is 0 Å². The van der Waals surface area contributed by atoms with Crippen molar-refractivity contribution in [1.29, 1.82) is 0 Å². The fraction of sp³-hybridized carbons (Fsp3) is 0.238. The fourth-order valence-corrected chi connectivity index (χ4v) is 3.80. The molecule has 0 saturated heterocycles. The summed E-state index contributed by atoms with van der Waals surface area (Å²) in [5, 5.41) is 86.9. The van der Waals surface area contributed by atoms with Crippen LogP contribution in [-0.4, -0.2) is 64.2 Å². The lowest BCUT2D eigenvalue weighted by Crippen LogP contribution is -2.47. The van der Waals surface area contributed by atoms with E-state index < -0.39 is 52.0 Å². The smallest absolute Gasteiger partial charge is 0.291 e. The molecule has 0 spiro atoms. The van der Waals surface area contributed by atoms with Crippen LogP contribution in [0, 0.1) is 0 Å². The van der Waals surface area contributed by atoms with Gasteiger partial charge >= 0.3 is 0 Å². The first-order valence-electron chi connectivity index (χ1n) is 10.0. The molecule has 35 heavy (non-hydrogen) atoms. The Morgan fingerprint density at radius 3 is 2.11 bits per heavy atom. The molecule has 0 fully saturated rings. The van der Waals surface area contributed by atoms with Crippen LogP contribution in [0.25, 0.3) is 0 Å². The summed E-state index contributed by atoms with van der Waals surface area (Å²) >= 11 is 0.824. The first kappa shape index (κ1) is 26.0. The van der Waals surface area contributed by atoms with Crippen LogP contribution in [0.1, 0.15) is 16.8 Å². The van der Waals surface area contributed by atoms with E-state index in [0.29, 0.717) is 5.56 Å². The number of benzene rings is 2. The molecule has 13 nitrogen and oxygen atoms in total. The number of aromatic nitrogens is 1. The molecule has 0 saturated carbocycles. The highest BCUT2D eigenvalue weighted by atomic mass is 32.1. The maximum Gasteiger partial charge on any atom is 0.291 e. The summed E-state index contributed by atoms with van der Waals surface area (Å²) in [5.74, 6) is -11.2. The van der Waals surface area contributed by atoms with E-state index in [4.69, 9.17) is 5.73 Å². The summed E-state index contributed by atoms with van der Waals surface area (Å²) in [6, 6.07) is 8.56. The second-order valence-electron chi connectivity index (χ2n) is 7.60. The van der Waals surface area contributed by atoms with Gasteiger partial charge in [0.2, 0.25) is 5.91 Å². The summed E-state index contributed by atoms with van der Waals surface area (Å²) in [7, 11) is 0. The van der Waals surface area contributed by atoms with Crippen molar-refractivity contribution in [3.63, 3.8) is 0 Å². The zero-order valence-electron chi connectivity index (χ0n) is 18.0. The van der Waals surface area contributed by atoms with Gasteiger partial charge in [-0.3, -0.25) is 10.1 Å². The van der Waals surface area contributed by atoms with Gasteiger partial charge in [-0.1, -0.05) is 30.3 Å². The average Bonchev–Trinajstić information content (AvgIpc) is 3.25. The molecule has 12 N–H and O–H groups in total. The van der Waals surface area contributed by atoms with Crippen molar-refractivity contribution in [1.82, 2.24) is 10.3 Å². The van der Waals surface area contributed by atoms with Crippen molar-refractivity contribution < 1.29 is 45.6 Å². The number of anilines is 2. The standard InChI is InChI=1S/C21H24N4O9S/c22-19-24-12(9-35-19)21(33,34)18(30)25-13-16(28)14(26)11(15(27)17(13)29)6-7-23-20(31,32)8-10-4-2-1-3-5-10/h1-5,9,23,26-29,31-34H,6-8H2,(H2,22,24)(H,25,30). The van der Waals surface area contributed by atoms with Gasteiger partial charge in [0.1, 0.15) is 11.4 Å². The molecule has 0 aliphatic carbocycles. The molecule has 0 atom stereocenters. The second-order valence-corrected chi connectivity index (χ2v) is 8.49. The molecule has 1 heterocycles. The number of amides is 1. The Balaban J connectivity index is 1.74. The zero-order valence-corrected chi connectivity index (χ0v) is 18.8. The molecule has 188 valence electrons. The molecule has 14 heteroatoms. The first-order chi connectivity index (χ1) is 16.3. The second kappa shape index (κ2) is 9.91. The van der Waals surface area contributed by atoms with Gasteiger partial charge in [-0.05, 0) is 12.0 Å². The van der Waals surface area contributed by atoms with E-state index in [9.17, 15) is 45.6 Å². The van der Waals surface area contributed by atoms with Crippen LogP contribution in [0.3, 0.4) is 0 Å². The lowest BCUT2D eigenvalue weighted by Gasteiger charge is -2.24. The Hall–Kier alpha value is -3.66. The lowest BCUT2D eigenvalue weighted by molar-refractivity contribution is -0.185. The average molecular weight is 509 g/mol. The van der Waals surface area contributed by atoms with Gasteiger partial charge in [0.05, 0.1) is 0 Å². The van der Waals surface area contributed by atoms with Crippen molar-refractivity contribution in [2.45, 2.75) is 24.5 Å². The van der Waals surface area contributed by atoms with Gasteiger partial charge < -0.3 is 51.9 Å². The SMILES string of the molecule is Nc1nc(C(O)(O)C(=O)Nc2c(O)c(O)c(CCNC(O)(O)Cc3ccccc3)c(O)c2O)cs1. The maximum atomic E-state index is 12.3. The Morgan fingerprint density at radius 2 is 1.57 bits per heavy atom. The number of carbonyl (C=O) groups excluding carboxylic acids is 1. The maximum absolute atomic E-state index is 12.3. The minimum Gasteiger partial charge on any atom is -0.504 e.